The maximum Gasteiger partial charge on any atom is 0.245 e. The van der Waals surface area contributed by atoms with Crippen molar-refractivity contribution in [2.24, 2.45) is 11.7 Å². The van der Waals surface area contributed by atoms with Gasteiger partial charge in [0.2, 0.25) is 11.8 Å². The molecule has 1 saturated carbocycles. The predicted molar refractivity (Wildman–Crippen MR) is 64.1 cm³/mol. The molecule has 0 unspecified atom stereocenters. The zero-order chi connectivity index (χ0) is 12.6. The van der Waals surface area contributed by atoms with Gasteiger partial charge in [-0.05, 0) is 33.1 Å². The van der Waals surface area contributed by atoms with E-state index in [0.717, 1.165) is 19.3 Å². The lowest BCUT2D eigenvalue weighted by Gasteiger charge is -2.42. The van der Waals surface area contributed by atoms with Gasteiger partial charge in [-0.2, -0.15) is 0 Å². The maximum atomic E-state index is 12.4. The Labute approximate surface area is 102 Å². The molecule has 2 aliphatic rings. The van der Waals surface area contributed by atoms with Crippen LogP contribution in [0.5, 0.6) is 0 Å². The third-order valence-electron chi connectivity index (χ3n) is 3.94. The largest absolute Gasteiger partial charge is 0.352 e. The molecule has 2 fully saturated rings. The topological polar surface area (TPSA) is 75.4 Å². The summed E-state index contributed by atoms with van der Waals surface area (Å²) >= 11 is 0. The Morgan fingerprint density at radius 1 is 1.47 bits per heavy atom. The molecule has 1 heterocycles. The number of nitrogens with zero attached hydrogens (tertiary/aromatic N) is 1. The molecule has 2 amide bonds. The van der Waals surface area contributed by atoms with Crippen molar-refractivity contribution in [2.45, 2.75) is 44.7 Å². The third-order valence-corrected chi connectivity index (χ3v) is 3.94. The Bertz CT molecular complexity index is 341. The highest BCUT2D eigenvalue weighted by Crippen LogP contribution is 2.29. The summed E-state index contributed by atoms with van der Waals surface area (Å²) in [5.41, 5.74) is 5.10. The minimum Gasteiger partial charge on any atom is -0.352 e. The van der Waals surface area contributed by atoms with Gasteiger partial charge < -0.3 is 16.0 Å². The number of rotatable bonds is 1. The first kappa shape index (κ1) is 12.4. The monoisotopic (exact) mass is 239 g/mol. The van der Waals surface area contributed by atoms with Crippen LogP contribution in [0.25, 0.3) is 0 Å². The number of nitrogens with two attached hydrogens (primary N) is 1. The van der Waals surface area contributed by atoms with Crippen molar-refractivity contribution in [3.63, 3.8) is 0 Å². The van der Waals surface area contributed by atoms with E-state index in [9.17, 15) is 9.59 Å². The fourth-order valence-corrected chi connectivity index (χ4v) is 2.75. The number of amides is 2. The summed E-state index contributed by atoms with van der Waals surface area (Å²) < 4.78 is 0. The lowest BCUT2D eigenvalue weighted by molar-refractivity contribution is -0.151. The van der Waals surface area contributed by atoms with Crippen LogP contribution < -0.4 is 11.1 Å². The van der Waals surface area contributed by atoms with Gasteiger partial charge in [0, 0.05) is 25.0 Å². The molecule has 0 aromatic carbocycles. The fraction of sp³-hybridized carbons (Fsp3) is 0.833. The molecule has 96 valence electrons. The van der Waals surface area contributed by atoms with Crippen molar-refractivity contribution >= 4 is 11.8 Å². The zero-order valence-corrected chi connectivity index (χ0v) is 10.5. The van der Waals surface area contributed by atoms with E-state index in [2.05, 4.69) is 5.32 Å². The lowest BCUT2D eigenvalue weighted by Crippen LogP contribution is -2.64. The SMILES string of the molecule is CC1(C)C(=O)NCCN1C(=O)[C@H]1CC[C@@H](N)C1. The zero-order valence-electron chi connectivity index (χ0n) is 10.5. The van der Waals surface area contributed by atoms with E-state index in [4.69, 9.17) is 5.73 Å². The van der Waals surface area contributed by atoms with Gasteiger partial charge in [0.15, 0.2) is 0 Å². The van der Waals surface area contributed by atoms with Gasteiger partial charge in [0.1, 0.15) is 5.54 Å². The van der Waals surface area contributed by atoms with E-state index in [0.29, 0.717) is 13.1 Å². The van der Waals surface area contributed by atoms with E-state index in [-0.39, 0.29) is 23.8 Å². The molecule has 0 bridgehead atoms. The summed E-state index contributed by atoms with van der Waals surface area (Å²) in [5, 5.41) is 2.80. The number of nitrogens with one attached hydrogen (secondary N) is 1. The van der Waals surface area contributed by atoms with Crippen LogP contribution in [0.4, 0.5) is 0 Å². The van der Waals surface area contributed by atoms with Crippen molar-refractivity contribution in [1.29, 1.82) is 0 Å². The number of hydrogen-bond donors (Lipinski definition) is 2. The normalized spacial score (nSPS) is 32.4. The molecule has 0 aromatic heterocycles. The lowest BCUT2D eigenvalue weighted by atomic mass is 9.95. The molecule has 5 nitrogen and oxygen atoms in total. The number of piperazine rings is 1. The molecule has 0 spiro atoms. The summed E-state index contributed by atoms with van der Waals surface area (Å²) in [4.78, 5) is 25.9. The molecular weight excluding hydrogens is 218 g/mol. The van der Waals surface area contributed by atoms with Crippen molar-refractivity contribution in [3.8, 4) is 0 Å². The molecule has 1 aliphatic carbocycles. The molecule has 2 rings (SSSR count). The summed E-state index contributed by atoms with van der Waals surface area (Å²) in [6.45, 7) is 4.75. The highest BCUT2D eigenvalue weighted by atomic mass is 16.2. The number of carbonyl (C=O) groups excluding carboxylic acids is 2. The average molecular weight is 239 g/mol. The minimum absolute atomic E-state index is 0.00942. The van der Waals surface area contributed by atoms with Gasteiger partial charge in [-0.1, -0.05) is 0 Å². The van der Waals surface area contributed by atoms with Crippen LogP contribution in [-0.2, 0) is 9.59 Å². The van der Waals surface area contributed by atoms with Gasteiger partial charge >= 0.3 is 0 Å². The van der Waals surface area contributed by atoms with Crippen LogP contribution >= 0.6 is 0 Å². The van der Waals surface area contributed by atoms with Gasteiger partial charge in [0.25, 0.3) is 0 Å². The molecule has 1 saturated heterocycles. The van der Waals surface area contributed by atoms with Crippen molar-refractivity contribution in [2.75, 3.05) is 13.1 Å². The second-order valence-electron chi connectivity index (χ2n) is 5.57. The average Bonchev–Trinajstić information content (AvgIpc) is 2.68. The second-order valence-corrected chi connectivity index (χ2v) is 5.57. The number of carbonyl (C=O) groups is 2. The van der Waals surface area contributed by atoms with Gasteiger partial charge in [0.05, 0.1) is 0 Å². The molecule has 1 aliphatic heterocycles. The fourth-order valence-electron chi connectivity index (χ4n) is 2.75. The standard InChI is InChI=1S/C12H21N3O2/c1-12(2)11(17)14-5-6-15(12)10(16)8-3-4-9(13)7-8/h8-9H,3-7,13H2,1-2H3,(H,14,17)/t8-,9+/m0/s1. The van der Waals surface area contributed by atoms with Gasteiger partial charge in [-0.15, -0.1) is 0 Å². The summed E-state index contributed by atoms with van der Waals surface area (Å²) in [6, 6.07) is 0.144. The van der Waals surface area contributed by atoms with Crippen LogP contribution in [0.3, 0.4) is 0 Å². The summed E-state index contributed by atoms with van der Waals surface area (Å²) in [5.74, 6) is 0.0346. The Hall–Kier alpha value is -1.10. The first-order valence-electron chi connectivity index (χ1n) is 6.28. The smallest absolute Gasteiger partial charge is 0.245 e. The van der Waals surface area contributed by atoms with Crippen LogP contribution in [0, 0.1) is 5.92 Å². The molecule has 5 heteroatoms. The Kier molecular flexibility index (Phi) is 3.12. The van der Waals surface area contributed by atoms with Crippen LogP contribution in [0.1, 0.15) is 33.1 Å². The molecular formula is C12H21N3O2. The van der Waals surface area contributed by atoms with E-state index < -0.39 is 5.54 Å². The minimum atomic E-state index is -0.734. The maximum absolute atomic E-state index is 12.4. The number of hydrogen-bond acceptors (Lipinski definition) is 3. The summed E-state index contributed by atoms with van der Waals surface area (Å²) in [7, 11) is 0. The van der Waals surface area contributed by atoms with Crippen LogP contribution in [-0.4, -0.2) is 41.4 Å². The Balaban J connectivity index is 2.10. The Morgan fingerprint density at radius 3 is 2.76 bits per heavy atom. The van der Waals surface area contributed by atoms with Gasteiger partial charge in [-0.25, -0.2) is 0 Å². The second kappa shape index (κ2) is 4.29. The first-order valence-corrected chi connectivity index (χ1v) is 6.28. The van der Waals surface area contributed by atoms with E-state index in [1.54, 1.807) is 18.7 Å². The highest BCUT2D eigenvalue weighted by Gasteiger charge is 2.43. The van der Waals surface area contributed by atoms with E-state index in [1.807, 2.05) is 0 Å². The Morgan fingerprint density at radius 2 is 2.18 bits per heavy atom. The van der Waals surface area contributed by atoms with Crippen molar-refractivity contribution in [3.05, 3.63) is 0 Å². The van der Waals surface area contributed by atoms with Crippen molar-refractivity contribution in [1.82, 2.24) is 10.2 Å². The molecule has 3 N–H and O–H groups in total. The predicted octanol–water partition coefficient (Wildman–Crippen LogP) is -0.149. The summed E-state index contributed by atoms with van der Waals surface area (Å²) in [6.07, 6.45) is 2.53. The molecule has 0 radical (unpaired) electrons. The quantitative estimate of drug-likeness (QED) is 0.668. The van der Waals surface area contributed by atoms with Gasteiger partial charge in [-0.3, -0.25) is 9.59 Å². The van der Waals surface area contributed by atoms with Crippen LogP contribution in [0.15, 0.2) is 0 Å². The van der Waals surface area contributed by atoms with Crippen molar-refractivity contribution < 1.29 is 9.59 Å². The third kappa shape index (κ3) is 2.16. The molecule has 17 heavy (non-hydrogen) atoms. The first-order chi connectivity index (χ1) is 7.93. The van der Waals surface area contributed by atoms with Crippen LogP contribution in [0.2, 0.25) is 0 Å². The van der Waals surface area contributed by atoms with E-state index >= 15 is 0 Å². The molecule has 0 aromatic rings. The molecule has 2 atom stereocenters. The van der Waals surface area contributed by atoms with E-state index in [1.165, 1.54) is 0 Å². The highest BCUT2D eigenvalue weighted by molar-refractivity contribution is 5.92.